The van der Waals surface area contributed by atoms with Crippen LogP contribution in [-0.2, 0) is 0 Å². The summed E-state index contributed by atoms with van der Waals surface area (Å²) in [4.78, 5) is 13.9. The summed E-state index contributed by atoms with van der Waals surface area (Å²) in [5, 5.41) is 3.49. The molecule has 5 heteroatoms. The Morgan fingerprint density at radius 2 is 1.43 bits per heavy atom. The standard InChI is InChI=1S/C35H22N4S/c1-3-12-31-28(9-1)29-15-14-25(35-38-30-11-2-4-13-33(30)40-35)22-32(29)39(31)26-8-5-7-24(21-26)34-27(10-6-18-37-34)23-16-19-36-20-17-23/h1-22H. The normalized spacial score (nSPS) is 11.5. The van der Waals surface area contributed by atoms with E-state index in [1.807, 2.05) is 42.9 Å². The highest BCUT2D eigenvalue weighted by Crippen LogP contribution is 2.38. The lowest BCUT2D eigenvalue weighted by Gasteiger charge is -2.13. The van der Waals surface area contributed by atoms with Gasteiger partial charge in [-0.3, -0.25) is 9.97 Å². The van der Waals surface area contributed by atoms with Gasteiger partial charge in [-0.2, -0.15) is 0 Å². The number of fused-ring (bicyclic) bond motifs is 4. The van der Waals surface area contributed by atoms with Crippen LogP contribution < -0.4 is 0 Å². The van der Waals surface area contributed by atoms with Crippen molar-refractivity contribution in [3.63, 3.8) is 0 Å². The highest BCUT2D eigenvalue weighted by Gasteiger charge is 2.16. The SMILES string of the molecule is c1cc(-c2ncccc2-c2ccncc2)cc(-n2c3ccccc3c3ccc(-c4nc5ccccc5s4)cc32)c1. The Morgan fingerprint density at radius 1 is 0.575 bits per heavy atom. The molecule has 4 nitrogen and oxygen atoms in total. The molecule has 0 aliphatic carbocycles. The molecule has 0 unspecified atom stereocenters. The van der Waals surface area contributed by atoms with Gasteiger partial charge >= 0.3 is 0 Å². The van der Waals surface area contributed by atoms with E-state index >= 15 is 0 Å². The van der Waals surface area contributed by atoms with Gasteiger partial charge in [-0.05, 0) is 60.2 Å². The number of pyridine rings is 2. The quantitative estimate of drug-likeness (QED) is 0.228. The van der Waals surface area contributed by atoms with E-state index in [4.69, 9.17) is 9.97 Å². The van der Waals surface area contributed by atoms with Crippen molar-refractivity contribution in [1.82, 2.24) is 19.5 Å². The zero-order valence-electron chi connectivity index (χ0n) is 21.4. The zero-order valence-corrected chi connectivity index (χ0v) is 22.2. The van der Waals surface area contributed by atoms with Gasteiger partial charge < -0.3 is 4.57 Å². The van der Waals surface area contributed by atoms with E-state index in [0.29, 0.717) is 0 Å². The maximum absolute atomic E-state index is 4.93. The Balaban J connectivity index is 1.34. The Kier molecular flexibility index (Phi) is 5.28. The molecule has 4 heterocycles. The maximum atomic E-state index is 4.93. The maximum Gasteiger partial charge on any atom is 0.124 e. The summed E-state index contributed by atoms with van der Waals surface area (Å²) in [6.07, 6.45) is 5.50. The molecule has 0 fully saturated rings. The third-order valence-electron chi connectivity index (χ3n) is 7.39. The molecule has 0 saturated carbocycles. The number of hydrogen-bond acceptors (Lipinski definition) is 4. The second-order valence-electron chi connectivity index (χ2n) is 9.76. The molecule has 4 aromatic heterocycles. The number of thiazole rings is 1. The van der Waals surface area contributed by atoms with Gasteiger partial charge in [0.2, 0.25) is 0 Å². The molecule has 8 rings (SSSR count). The van der Waals surface area contributed by atoms with E-state index in [0.717, 1.165) is 49.7 Å². The Bertz CT molecular complexity index is 2140. The molecule has 4 aromatic carbocycles. The lowest BCUT2D eigenvalue weighted by atomic mass is 10.00. The molecule has 0 spiro atoms. The van der Waals surface area contributed by atoms with Gasteiger partial charge in [-0.1, -0.05) is 60.7 Å². The van der Waals surface area contributed by atoms with Gasteiger partial charge in [0.05, 0.1) is 26.9 Å². The number of rotatable bonds is 4. The molecular weight excluding hydrogens is 508 g/mol. The van der Waals surface area contributed by atoms with Crippen LogP contribution in [0.15, 0.2) is 134 Å². The van der Waals surface area contributed by atoms with E-state index < -0.39 is 0 Å². The van der Waals surface area contributed by atoms with Crippen LogP contribution in [0.5, 0.6) is 0 Å². The summed E-state index contributed by atoms with van der Waals surface area (Å²) in [5.74, 6) is 0. The number of para-hydroxylation sites is 2. The van der Waals surface area contributed by atoms with Crippen LogP contribution in [0, 0.1) is 0 Å². The van der Waals surface area contributed by atoms with Gasteiger partial charge in [0, 0.05) is 51.7 Å². The molecule has 188 valence electrons. The summed E-state index contributed by atoms with van der Waals surface area (Å²) >= 11 is 1.73. The molecule has 0 atom stereocenters. The fourth-order valence-electron chi connectivity index (χ4n) is 5.57. The Morgan fingerprint density at radius 3 is 2.35 bits per heavy atom. The average Bonchev–Trinajstić information content (AvgIpc) is 3.61. The minimum absolute atomic E-state index is 0.950. The number of aromatic nitrogens is 4. The van der Waals surface area contributed by atoms with Crippen molar-refractivity contribution >= 4 is 43.4 Å². The highest BCUT2D eigenvalue weighted by molar-refractivity contribution is 7.21. The van der Waals surface area contributed by atoms with Crippen LogP contribution in [-0.4, -0.2) is 19.5 Å². The lowest BCUT2D eigenvalue weighted by Crippen LogP contribution is -1.96. The van der Waals surface area contributed by atoms with Crippen molar-refractivity contribution in [2.45, 2.75) is 0 Å². The van der Waals surface area contributed by atoms with Gasteiger partial charge in [-0.25, -0.2) is 4.98 Å². The van der Waals surface area contributed by atoms with E-state index in [9.17, 15) is 0 Å². The largest absolute Gasteiger partial charge is 0.309 e. The molecule has 0 aliphatic heterocycles. The first kappa shape index (κ1) is 22.8. The topological polar surface area (TPSA) is 43.6 Å². The predicted octanol–water partition coefficient (Wildman–Crippen LogP) is 9.18. The van der Waals surface area contributed by atoms with Gasteiger partial charge in [0.1, 0.15) is 5.01 Å². The van der Waals surface area contributed by atoms with Crippen molar-refractivity contribution < 1.29 is 0 Å². The van der Waals surface area contributed by atoms with Crippen molar-refractivity contribution in [3.8, 4) is 38.6 Å². The monoisotopic (exact) mass is 530 g/mol. The first-order valence-electron chi connectivity index (χ1n) is 13.2. The van der Waals surface area contributed by atoms with E-state index in [1.54, 1.807) is 11.3 Å². The summed E-state index contributed by atoms with van der Waals surface area (Å²) in [6.45, 7) is 0. The summed E-state index contributed by atoms with van der Waals surface area (Å²) in [6, 6.07) is 40.5. The van der Waals surface area contributed by atoms with Crippen molar-refractivity contribution in [1.29, 1.82) is 0 Å². The molecule has 0 N–H and O–H groups in total. The molecule has 40 heavy (non-hydrogen) atoms. The predicted molar refractivity (Wildman–Crippen MR) is 166 cm³/mol. The molecule has 0 bridgehead atoms. The van der Waals surface area contributed by atoms with E-state index in [-0.39, 0.29) is 0 Å². The van der Waals surface area contributed by atoms with Gasteiger partial charge in [-0.15, -0.1) is 11.3 Å². The van der Waals surface area contributed by atoms with Crippen molar-refractivity contribution in [3.05, 3.63) is 134 Å². The fourth-order valence-corrected chi connectivity index (χ4v) is 6.53. The first-order valence-corrected chi connectivity index (χ1v) is 14.0. The second kappa shape index (κ2) is 9.26. The lowest BCUT2D eigenvalue weighted by molar-refractivity contribution is 1.18. The van der Waals surface area contributed by atoms with Crippen LogP contribution in [0.3, 0.4) is 0 Å². The highest BCUT2D eigenvalue weighted by atomic mass is 32.1. The Hall–Kier alpha value is -5.13. The molecule has 0 saturated heterocycles. The Labute approximate surface area is 234 Å². The summed E-state index contributed by atoms with van der Waals surface area (Å²) in [7, 11) is 0. The molecule has 0 amide bonds. The molecular formula is C35H22N4S. The van der Waals surface area contributed by atoms with E-state index in [2.05, 4.69) is 101 Å². The fraction of sp³-hybridized carbons (Fsp3) is 0. The third-order valence-corrected chi connectivity index (χ3v) is 8.48. The summed E-state index contributed by atoms with van der Waals surface area (Å²) < 4.78 is 3.56. The van der Waals surface area contributed by atoms with Crippen molar-refractivity contribution in [2.75, 3.05) is 0 Å². The van der Waals surface area contributed by atoms with Crippen molar-refractivity contribution in [2.24, 2.45) is 0 Å². The average molecular weight is 531 g/mol. The first-order chi connectivity index (χ1) is 19.8. The number of hydrogen-bond donors (Lipinski definition) is 0. The number of benzene rings is 4. The smallest absolute Gasteiger partial charge is 0.124 e. The minimum Gasteiger partial charge on any atom is -0.309 e. The summed E-state index contributed by atoms with van der Waals surface area (Å²) in [5.41, 5.74) is 9.79. The zero-order chi connectivity index (χ0) is 26.5. The number of nitrogens with zero attached hydrogens (tertiary/aromatic N) is 4. The van der Waals surface area contributed by atoms with Crippen LogP contribution in [0.25, 0.3) is 70.7 Å². The van der Waals surface area contributed by atoms with Crippen LogP contribution in [0.4, 0.5) is 0 Å². The van der Waals surface area contributed by atoms with Gasteiger partial charge in [0.25, 0.3) is 0 Å². The molecule has 8 aromatic rings. The molecule has 0 aliphatic rings. The van der Waals surface area contributed by atoms with E-state index in [1.165, 1.54) is 21.0 Å². The van der Waals surface area contributed by atoms with Crippen LogP contribution in [0.2, 0.25) is 0 Å². The van der Waals surface area contributed by atoms with Crippen LogP contribution in [0.1, 0.15) is 0 Å². The second-order valence-corrected chi connectivity index (χ2v) is 10.8. The van der Waals surface area contributed by atoms with Crippen LogP contribution >= 0.6 is 11.3 Å². The van der Waals surface area contributed by atoms with Gasteiger partial charge in [0.15, 0.2) is 0 Å². The minimum atomic E-state index is 0.950. The third kappa shape index (κ3) is 3.71. The molecule has 0 radical (unpaired) electrons.